The maximum absolute atomic E-state index is 7.00. The third-order valence-corrected chi connectivity index (χ3v) is 1.87. The average molecular weight is 152 g/mol. The fourth-order valence-electron chi connectivity index (χ4n) is 0.847. The van der Waals surface area contributed by atoms with Crippen LogP contribution < -0.4 is 5.32 Å². The first-order valence-electron chi connectivity index (χ1n) is 3.76. The van der Waals surface area contributed by atoms with Gasteiger partial charge in [0.05, 0.1) is 19.3 Å². The van der Waals surface area contributed by atoms with Crippen molar-refractivity contribution in [3.05, 3.63) is 11.2 Å². The molecule has 0 atom stereocenters. The summed E-state index contributed by atoms with van der Waals surface area (Å²) >= 11 is 0. The molecule has 0 aromatic carbocycles. The Kier molecular flexibility index (Phi) is 2.71. The smallest absolute Gasteiger partial charge is 0.160 e. The van der Waals surface area contributed by atoms with E-state index < -0.39 is 0 Å². The maximum atomic E-state index is 7.00. The topological polar surface area (TPSA) is 45.1 Å². The molecule has 1 rings (SSSR count). The van der Waals surface area contributed by atoms with E-state index >= 15 is 0 Å². The van der Waals surface area contributed by atoms with E-state index in [0.717, 1.165) is 24.4 Å². The number of nitrogens with one attached hydrogen (secondary N) is 2. The van der Waals surface area contributed by atoms with E-state index in [-0.39, 0.29) is 0 Å². The zero-order chi connectivity index (χ0) is 8.27. The Bertz CT molecular complexity index is 187. The lowest BCUT2D eigenvalue weighted by Crippen LogP contribution is -2.45. The number of hydrogen-bond acceptors (Lipinski definition) is 3. The molecule has 0 unspecified atom stereocenters. The van der Waals surface area contributed by atoms with Gasteiger partial charge in [-0.2, -0.15) is 0 Å². The average Bonchev–Trinajstić information content (AvgIpc) is 1.94. The predicted octanol–water partition coefficient (Wildman–Crippen LogP) is -0.511. The summed E-state index contributed by atoms with van der Waals surface area (Å²) in [6.45, 7) is 3.51. The highest BCUT2D eigenvalue weighted by atomic mass is 16.5. The van der Waals surface area contributed by atoms with Gasteiger partial charge in [0, 0.05) is 6.21 Å². The molecular formula is C7H13BN2O. The van der Waals surface area contributed by atoms with Crippen LogP contribution in [0.2, 0.25) is 0 Å². The van der Waals surface area contributed by atoms with Gasteiger partial charge in [0.25, 0.3) is 0 Å². The molecule has 0 aliphatic carbocycles. The summed E-state index contributed by atoms with van der Waals surface area (Å²) in [5.74, 6) is 0. The van der Waals surface area contributed by atoms with Crippen LogP contribution in [0.25, 0.3) is 0 Å². The van der Waals surface area contributed by atoms with Crippen LogP contribution in [0.1, 0.15) is 6.92 Å². The molecule has 0 bridgehead atoms. The molecule has 0 spiro atoms. The highest BCUT2D eigenvalue weighted by Gasteiger charge is 2.17. The van der Waals surface area contributed by atoms with E-state index in [1.807, 2.05) is 14.8 Å². The molecule has 1 aliphatic heterocycles. The van der Waals surface area contributed by atoms with Crippen LogP contribution in [0, 0.1) is 5.41 Å². The second-order valence-electron chi connectivity index (χ2n) is 2.83. The van der Waals surface area contributed by atoms with E-state index in [2.05, 4.69) is 5.32 Å². The lowest BCUT2D eigenvalue weighted by atomic mass is 9.98. The molecule has 0 radical (unpaired) electrons. The Balaban J connectivity index is 2.40. The lowest BCUT2D eigenvalue weighted by molar-refractivity contribution is 0.000115. The minimum atomic E-state index is 0.463. The van der Waals surface area contributed by atoms with Gasteiger partial charge in [-0.25, -0.2) is 0 Å². The summed E-state index contributed by atoms with van der Waals surface area (Å²) in [5, 5.41) is 10.3. The predicted molar refractivity (Wildman–Crippen MR) is 47.8 cm³/mol. The molecule has 60 valence electrons. The minimum Gasteiger partial charge on any atom is -0.389 e. The van der Waals surface area contributed by atoms with Gasteiger partial charge in [-0.3, -0.25) is 0 Å². The fourth-order valence-corrected chi connectivity index (χ4v) is 0.847. The van der Waals surface area contributed by atoms with Gasteiger partial charge < -0.3 is 15.5 Å². The standard InChI is InChI=1S/C7H13BN2O/c1-5(2-9)7(8)10-6-3-11-4-6/h2,6,9-10H,3-4,8H2,1H3/b7-5-,9-2?. The van der Waals surface area contributed by atoms with Crippen LogP contribution in [0.3, 0.4) is 0 Å². The molecule has 0 aromatic heterocycles. The van der Waals surface area contributed by atoms with Crippen molar-refractivity contribution in [2.75, 3.05) is 13.2 Å². The van der Waals surface area contributed by atoms with Gasteiger partial charge in [0.1, 0.15) is 0 Å². The van der Waals surface area contributed by atoms with E-state index in [1.54, 1.807) is 0 Å². The first-order chi connectivity index (χ1) is 5.24. The molecule has 2 N–H and O–H groups in total. The van der Waals surface area contributed by atoms with Gasteiger partial charge >= 0.3 is 0 Å². The first-order valence-corrected chi connectivity index (χ1v) is 3.76. The lowest BCUT2D eigenvalue weighted by Gasteiger charge is -2.28. The van der Waals surface area contributed by atoms with Gasteiger partial charge in [0.2, 0.25) is 0 Å². The quantitative estimate of drug-likeness (QED) is 0.422. The van der Waals surface area contributed by atoms with Crippen LogP contribution in [0.15, 0.2) is 11.2 Å². The maximum Gasteiger partial charge on any atom is 0.160 e. The Hall–Kier alpha value is -0.765. The molecule has 1 heterocycles. The Morgan fingerprint density at radius 1 is 1.73 bits per heavy atom. The van der Waals surface area contributed by atoms with Crippen molar-refractivity contribution in [2.45, 2.75) is 13.0 Å². The van der Waals surface area contributed by atoms with Crippen molar-refractivity contribution in [1.29, 1.82) is 5.41 Å². The van der Waals surface area contributed by atoms with Crippen molar-refractivity contribution in [2.24, 2.45) is 0 Å². The van der Waals surface area contributed by atoms with E-state index in [0.29, 0.717) is 6.04 Å². The van der Waals surface area contributed by atoms with Crippen molar-refractivity contribution < 1.29 is 4.74 Å². The monoisotopic (exact) mass is 152 g/mol. The third-order valence-electron chi connectivity index (χ3n) is 1.87. The largest absolute Gasteiger partial charge is 0.389 e. The molecule has 0 amide bonds. The summed E-state index contributed by atoms with van der Waals surface area (Å²) in [6, 6.07) is 0.463. The third kappa shape index (κ3) is 2.08. The second-order valence-corrected chi connectivity index (χ2v) is 2.83. The summed E-state index contributed by atoms with van der Waals surface area (Å²) < 4.78 is 5.01. The molecular weight excluding hydrogens is 139 g/mol. The van der Waals surface area contributed by atoms with Crippen LogP contribution in [-0.2, 0) is 4.74 Å². The Morgan fingerprint density at radius 2 is 2.36 bits per heavy atom. The highest BCUT2D eigenvalue weighted by molar-refractivity contribution is 6.23. The van der Waals surface area contributed by atoms with Crippen LogP contribution >= 0.6 is 0 Å². The molecule has 1 saturated heterocycles. The molecule has 0 aromatic rings. The van der Waals surface area contributed by atoms with Crippen LogP contribution in [0.4, 0.5) is 0 Å². The van der Waals surface area contributed by atoms with Crippen molar-refractivity contribution in [1.82, 2.24) is 5.32 Å². The molecule has 4 heteroatoms. The summed E-state index contributed by atoms with van der Waals surface area (Å²) in [7, 11) is 1.98. The fraction of sp³-hybridized carbons (Fsp3) is 0.571. The number of allylic oxidation sites excluding steroid dienone is 1. The van der Waals surface area contributed by atoms with Gasteiger partial charge in [-0.15, -0.1) is 0 Å². The van der Waals surface area contributed by atoms with Crippen molar-refractivity contribution >= 4 is 14.1 Å². The molecule has 0 saturated carbocycles. The number of ether oxygens (including phenoxy) is 1. The molecule has 3 nitrogen and oxygen atoms in total. The summed E-state index contributed by atoms with van der Waals surface area (Å²) in [5.41, 5.74) is 2.06. The van der Waals surface area contributed by atoms with Crippen molar-refractivity contribution in [3.63, 3.8) is 0 Å². The first kappa shape index (κ1) is 8.33. The van der Waals surface area contributed by atoms with Gasteiger partial charge in [0.15, 0.2) is 7.85 Å². The minimum absolute atomic E-state index is 0.463. The normalized spacial score (nSPS) is 20.1. The summed E-state index contributed by atoms with van der Waals surface area (Å²) in [4.78, 5) is 0. The molecule has 1 fully saturated rings. The van der Waals surface area contributed by atoms with Crippen LogP contribution in [-0.4, -0.2) is 33.3 Å². The SMILES string of the molecule is B/C(NC1COC1)=C(\C)C=N. The molecule has 1 aliphatic rings. The Labute approximate surface area is 67.7 Å². The van der Waals surface area contributed by atoms with E-state index in [4.69, 9.17) is 10.1 Å². The number of hydrogen-bond donors (Lipinski definition) is 2. The second kappa shape index (κ2) is 3.58. The summed E-state index contributed by atoms with van der Waals surface area (Å²) in [6.07, 6.45) is 1.36. The van der Waals surface area contributed by atoms with Gasteiger partial charge in [-0.1, -0.05) is 0 Å². The zero-order valence-electron chi connectivity index (χ0n) is 6.98. The van der Waals surface area contributed by atoms with Crippen LogP contribution in [0.5, 0.6) is 0 Å². The van der Waals surface area contributed by atoms with Crippen molar-refractivity contribution in [3.8, 4) is 0 Å². The highest BCUT2D eigenvalue weighted by Crippen LogP contribution is 2.03. The number of rotatable bonds is 3. The van der Waals surface area contributed by atoms with E-state index in [1.165, 1.54) is 6.21 Å². The molecule has 11 heavy (non-hydrogen) atoms. The van der Waals surface area contributed by atoms with E-state index in [9.17, 15) is 0 Å². The zero-order valence-corrected chi connectivity index (χ0v) is 6.98. The Morgan fingerprint density at radius 3 is 2.73 bits per heavy atom. The van der Waals surface area contributed by atoms with Gasteiger partial charge in [-0.05, 0) is 18.1 Å².